The van der Waals surface area contributed by atoms with Gasteiger partial charge >= 0.3 is 6.18 Å². The number of halogens is 3. The van der Waals surface area contributed by atoms with Crippen LogP contribution in [0.4, 0.5) is 13.2 Å². The van der Waals surface area contributed by atoms with E-state index in [4.69, 9.17) is 0 Å². The highest BCUT2D eigenvalue weighted by atomic mass is 19.4. The molecule has 0 rings (SSSR count). The van der Waals surface area contributed by atoms with Crippen LogP contribution < -0.4 is 0 Å². The first kappa shape index (κ1) is 13.7. The Morgan fingerprint density at radius 1 is 1.14 bits per heavy atom. The lowest BCUT2D eigenvalue weighted by Gasteiger charge is -2.31. The molecule has 0 aromatic carbocycles. The highest BCUT2D eigenvalue weighted by Gasteiger charge is 2.27. The second kappa shape index (κ2) is 5.56. The largest absolute Gasteiger partial charge is 0.411 e. The fraction of sp³-hybridized carbons (Fsp3) is 1.00. The maximum absolute atomic E-state index is 11.7. The average Bonchev–Trinajstić information content (AvgIpc) is 2.11. The molecule has 0 saturated carbocycles. The molecule has 0 aliphatic heterocycles. The maximum Gasteiger partial charge on any atom is 0.411 e. The Morgan fingerprint density at radius 3 is 2.00 bits per heavy atom. The molecule has 0 amide bonds. The summed E-state index contributed by atoms with van der Waals surface area (Å²) in [5.41, 5.74) is 0. The lowest BCUT2D eigenvalue weighted by atomic mass is 10.4. The van der Waals surface area contributed by atoms with Gasteiger partial charge in [0, 0.05) is 0 Å². The Bertz CT molecular complexity index is 155. The molecule has 0 fully saturated rings. The van der Waals surface area contributed by atoms with Gasteiger partial charge in [0.2, 0.25) is 0 Å². The van der Waals surface area contributed by atoms with Crippen molar-refractivity contribution in [3.63, 3.8) is 0 Å². The lowest BCUT2D eigenvalue weighted by molar-refractivity contribution is -0.906. The van der Waals surface area contributed by atoms with Gasteiger partial charge in [-0.1, -0.05) is 0 Å². The second-order valence-electron chi connectivity index (χ2n) is 3.64. The molecule has 0 aliphatic carbocycles. The van der Waals surface area contributed by atoms with Crippen LogP contribution in [0.2, 0.25) is 0 Å². The minimum atomic E-state index is -4.21. The average molecular weight is 214 g/mol. The van der Waals surface area contributed by atoms with E-state index >= 15 is 0 Å². The topological polar surface area (TPSA) is 9.23 Å². The van der Waals surface area contributed by atoms with Crippen LogP contribution in [0.15, 0.2) is 0 Å². The first-order valence-corrected chi connectivity index (χ1v) is 4.81. The van der Waals surface area contributed by atoms with Crippen LogP contribution in [0.3, 0.4) is 0 Å². The summed E-state index contributed by atoms with van der Waals surface area (Å²) >= 11 is 0. The minimum absolute atomic E-state index is 0.164. The smallest absolute Gasteiger partial charge is 0.366 e. The molecule has 0 radical (unpaired) electrons. The van der Waals surface area contributed by atoms with Gasteiger partial charge in [0.15, 0.2) is 0 Å². The van der Waals surface area contributed by atoms with E-state index in [0.29, 0.717) is 6.54 Å². The number of rotatable bonds is 6. The van der Waals surface area contributed by atoms with Crippen LogP contribution in [0.1, 0.15) is 13.8 Å². The van der Waals surface area contributed by atoms with Crippen molar-refractivity contribution in [1.82, 2.24) is 0 Å². The predicted molar refractivity (Wildman–Crippen MR) is 49.0 cm³/mol. The number of nitrogens with zero attached hydrogens (tertiary/aromatic N) is 1. The molecule has 0 aliphatic rings. The third-order valence-corrected chi connectivity index (χ3v) is 2.57. The molecule has 14 heavy (non-hydrogen) atoms. The zero-order chi connectivity index (χ0) is 11.2. The van der Waals surface area contributed by atoms with E-state index in [1.54, 1.807) is 0 Å². The Labute approximate surface area is 83.2 Å². The fourth-order valence-electron chi connectivity index (χ4n) is 1.01. The van der Waals surface area contributed by atoms with Crippen molar-refractivity contribution in [1.29, 1.82) is 0 Å². The summed E-state index contributed by atoms with van der Waals surface area (Å²) in [6, 6.07) is 0. The van der Waals surface area contributed by atoms with E-state index in [-0.39, 0.29) is 6.61 Å². The molecule has 0 N–H and O–H groups in total. The van der Waals surface area contributed by atoms with Crippen LogP contribution in [0.5, 0.6) is 0 Å². The van der Waals surface area contributed by atoms with Crippen molar-refractivity contribution >= 4 is 0 Å². The number of likely N-dealkylation sites (N-methyl/N-ethyl adjacent to an activating group) is 1. The lowest BCUT2D eigenvalue weighted by Crippen LogP contribution is -2.46. The van der Waals surface area contributed by atoms with Gasteiger partial charge in [-0.3, -0.25) is 0 Å². The van der Waals surface area contributed by atoms with Crippen LogP contribution in [0.25, 0.3) is 0 Å². The van der Waals surface area contributed by atoms with Crippen molar-refractivity contribution in [3.8, 4) is 0 Å². The third kappa shape index (κ3) is 6.21. The van der Waals surface area contributed by atoms with Crippen molar-refractivity contribution in [3.05, 3.63) is 0 Å². The molecule has 0 atom stereocenters. The molecular weight excluding hydrogens is 195 g/mol. The van der Waals surface area contributed by atoms with Crippen LogP contribution in [-0.2, 0) is 4.74 Å². The number of alkyl halides is 3. The van der Waals surface area contributed by atoms with Crippen molar-refractivity contribution in [2.75, 3.05) is 39.9 Å². The molecule has 0 saturated heterocycles. The second-order valence-corrected chi connectivity index (χ2v) is 3.64. The van der Waals surface area contributed by atoms with E-state index in [1.807, 2.05) is 20.9 Å². The van der Waals surface area contributed by atoms with E-state index in [9.17, 15) is 13.2 Å². The van der Waals surface area contributed by atoms with Gasteiger partial charge in [-0.15, -0.1) is 0 Å². The summed E-state index contributed by atoms with van der Waals surface area (Å²) in [4.78, 5) is 0. The normalized spacial score (nSPS) is 13.3. The molecule has 86 valence electrons. The maximum atomic E-state index is 11.7. The summed E-state index contributed by atoms with van der Waals surface area (Å²) < 4.78 is 40.4. The SMILES string of the molecule is CC[N+](C)(CC)CCOCC(F)(F)F. The summed E-state index contributed by atoms with van der Waals surface area (Å²) in [7, 11) is 2.01. The Balaban J connectivity index is 3.63. The van der Waals surface area contributed by atoms with E-state index in [1.165, 1.54) is 0 Å². The van der Waals surface area contributed by atoms with Gasteiger partial charge in [0.25, 0.3) is 0 Å². The standard InChI is InChI=1S/C9H19F3NO/c1-4-13(3,5-2)6-7-14-8-9(10,11)12/h4-8H2,1-3H3/q+1. The molecule has 0 spiro atoms. The summed E-state index contributed by atoms with van der Waals surface area (Å²) in [5, 5.41) is 0. The Kier molecular flexibility index (Phi) is 5.44. The zero-order valence-electron chi connectivity index (χ0n) is 9.02. The van der Waals surface area contributed by atoms with Gasteiger partial charge in [-0.05, 0) is 13.8 Å². The van der Waals surface area contributed by atoms with Gasteiger partial charge < -0.3 is 9.22 Å². The molecule has 0 unspecified atom stereocenters. The minimum Gasteiger partial charge on any atom is -0.366 e. The highest BCUT2D eigenvalue weighted by Crippen LogP contribution is 2.14. The van der Waals surface area contributed by atoms with Gasteiger partial charge in [-0.25, -0.2) is 0 Å². The molecule has 2 nitrogen and oxygen atoms in total. The summed E-state index contributed by atoms with van der Waals surface area (Å²) in [5.74, 6) is 0. The summed E-state index contributed by atoms with van der Waals surface area (Å²) in [6.07, 6.45) is -4.21. The van der Waals surface area contributed by atoms with Gasteiger partial charge in [0.1, 0.15) is 13.2 Å². The molecule has 5 heteroatoms. The monoisotopic (exact) mass is 214 g/mol. The number of hydrogen-bond acceptors (Lipinski definition) is 1. The number of hydrogen-bond donors (Lipinski definition) is 0. The van der Waals surface area contributed by atoms with Crippen molar-refractivity contribution < 1.29 is 22.4 Å². The van der Waals surface area contributed by atoms with Crippen LogP contribution >= 0.6 is 0 Å². The molecule has 0 aromatic heterocycles. The first-order chi connectivity index (χ1) is 6.33. The van der Waals surface area contributed by atoms with Crippen LogP contribution in [0, 0.1) is 0 Å². The van der Waals surface area contributed by atoms with Gasteiger partial charge in [-0.2, -0.15) is 13.2 Å². The van der Waals surface area contributed by atoms with Crippen molar-refractivity contribution in [2.24, 2.45) is 0 Å². The zero-order valence-corrected chi connectivity index (χ0v) is 9.02. The molecule has 0 bridgehead atoms. The molecule has 0 aromatic rings. The quantitative estimate of drug-likeness (QED) is 0.485. The fourth-order valence-corrected chi connectivity index (χ4v) is 1.01. The third-order valence-electron chi connectivity index (χ3n) is 2.57. The Morgan fingerprint density at radius 2 is 1.64 bits per heavy atom. The number of quaternary nitrogens is 1. The number of ether oxygens (including phenoxy) is 1. The van der Waals surface area contributed by atoms with Gasteiger partial charge in [0.05, 0.1) is 26.7 Å². The molecule has 0 heterocycles. The van der Waals surface area contributed by atoms with E-state index < -0.39 is 12.8 Å². The summed E-state index contributed by atoms with van der Waals surface area (Å²) in [6.45, 7) is 5.51. The van der Waals surface area contributed by atoms with E-state index in [2.05, 4.69) is 4.74 Å². The molecular formula is C9H19F3NO+. The Hall–Kier alpha value is -0.290. The van der Waals surface area contributed by atoms with E-state index in [0.717, 1.165) is 17.6 Å². The first-order valence-electron chi connectivity index (χ1n) is 4.81. The van der Waals surface area contributed by atoms with Crippen LogP contribution in [-0.4, -0.2) is 50.6 Å². The van der Waals surface area contributed by atoms with Crippen molar-refractivity contribution in [2.45, 2.75) is 20.0 Å². The highest BCUT2D eigenvalue weighted by molar-refractivity contribution is 4.45. The predicted octanol–water partition coefficient (Wildman–Crippen LogP) is 2.05.